The molecule has 0 fully saturated rings. The second kappa shape index (κ2) is 5.05. The molecular formula is C15H16F2N2. The van der Waals surface area contributed by atoms with E-state index >= 15 is 0 Å². The summed E-state index contributed by atoms with van der Waals surface area (Å²) in [7, 11) is 0. The Morgan fingerprint density at radius 2 is 1.84 bits per heavy atom. The number of hydrogen-bond donors (Lipinski definition) is 1. The monoisotopic (exact) mass is 262 g/mol. The molecule has 2 aromatic rings. The zero-order valence-electron chi connectivity index (χ0n) is 11.0. The van der Waals surface area contributed by atoms with Gasteiger partial charge in [-0.05, 0) is 55.7 Å². The van der Waals surface area contributed by atoms with Crippen LogP contribution in [-0.2, 0) is 12.0 Å². The number of pyridine rings is 1. The number of hydrogen-bond acceptors (Lipinski definition) is 2. The molecule has 0 aliphatic carbocycles. The average Bonchev–Trinajstić information content (AvgIpc) is 2.33. The summed E-state index contributed by atoms with van der Waals surface area (Å²) in [5, 5.41) is 0. The van der Waals surface area contributed by atoms with E-state index in [-0.39, 0.29) is 5.82 Å². The maximum absolute atomic E-state index is 13.1. The fourth-order valence-electron chi connectivity index (χ4n) is 2.06. The van der Waals surface area contributed by atoms with Gasteiger partial charge in [0.15, 0.2) is 0 Å². The highest BCUT2D eigenvalue weighted by molar-refractivity contribution is 5.30. The zero-order chi connectivity index (χ0) is 14.0. The van der Waals surface area contributed by atoms with E-state index in [1.165, 1.54) is 18.2 Å². The topological polar surface area (TPSA) is 38.9 Å². The van der Waals surface area contributed by atoms with Gasteiger partial charge in [0, 0.05) is 0 Å². The molecule has 0 saturated carbocycles. The molecule has 0 saturated heterocycles. The summed E-state index contributed by atoms with van der Waals surface area (Å²) in [6.07, 6.45) is 1.66. The van der Waals surface area contributed by atoms with Gasteiger partial charge in [-0.1, -0.05) is 6.07 Å². The van der Waals surface area contributed by atoms with Crippen molar-refractivity contribution in [1.29, 1.82) is 0 Å². The van der Waals surface area contributed by atoms with Crippen LogP contribution >= 0.6 is 0 Å². The SMILES string of the molecule is Cc1cc(F)ccc1CC(C)(N)c1ccc(F)cn1. The highest BCUT2D eigenvalue weighted by Gasteiger charge is 2.24. The van der Waals surface area contributed by atoms with Crippen molar-refractivity contribution in [2.24, 2.45) is 5.73 Å². The van der Waals surface area contributed by atoms with Crippen LogP contribution in [-0.4, -0.2) is 4.98 Å². The Balaban J connectivity index is 2.27. The number of rotatable bonds is 3. The van der Waals surface area contributed by atoms with Crippen LogP contribution in [0.4, 0.5) is 8.78 Å². The Morgan fingerprint density at radius 3 is 2.42 bits per heavy atom. The van der Waals surface area contributed by atoms with Crippen molar-refractivity contribution in [3.05, 3.63) is 65.0 Å². The Hall–Kier alpha value is -1.81. The van der Waals surface area contributed by atoms with Gasteiger partial charge in [0.05, 0.1) is 17.4 Å². The summed E-state index contributed by atoms with van der Waals surface area (Å²) >= 11 is 0. The molecule has 100 valence electrons. The van der Waals surface area contributed by atoms with E-state index in [9.17, 15) is 8.78 Å². The molecule has 0 bridgehead atoms. The molecule has 1 unspecified atom stereocenters. The highest BCUT2D eigenvalue weighted by atomic mass is 19.1. The quantitative estimate of drug-likeness (QED) is 0.923. The van der Waals surface area contributed by atoms with Gasteiger partial charge in [-0.3, -0.25) is 4.98 Å². The summed E-state index contributed by atoms with van der Waals surface area (Å²) < 4.78 is 25.9. The van der Waals surface area contributed by atoms with Crippen molar-refractivity contribution in [2.45, 2.75) is 25.8 Å². The van der Waals surface area contributed by atoms with Crippen LogP contribution in [0.1, 0.15) is 23.7 Å². The Morgan fingerprint density at radius 1 is 1.16 bits per heavy atom. The van der Waals surface area contributed by atoms with Crippen molar-refractivity contribution < 1.29 is 8.78 Å². The molecule has 0 amide bonds. The van der Waals surface area contributed by atoms with Crippen LogP contribution in [0.5, 0.6) is 0 Å². The molecule has 0 spiro atoms. The predicted octanol–water partition coefficient (Wildman–Crippen LogP) is 3.08. The molecule has 0 aliphatic rings. The lowest BCUT2D eigenvalue weighted by molar-refractivity contribution is 0.471. The van der Waals surface area contributed by atoms with Crippen molar-refractivity contribution in [1.82, 2.24) is 4.98 Å². The van der Waals surface area contributed by atoms with E-state index in [0.29, 0.717) is 12.1 Å². The van der Waals surface area contributed by atoms with Crippen LogP contribution in [0.25, 0.3) is 0 Å². The van der Waals surface area contributed by atoms with Gasteiger partial charge >= 0.3 is 0 Å². The van der Waals surface area contributed by atoms with Crippen LogP contribution in [0.3, 0.4) is 0 Å². The molecular weight excluding hydrogens is 246 g/mol. The van der Waals surface area contributed by atoms with Gasteiger partial charge in [-0.25, -0.2) is 8.78 Å². The van der Waals surface area contributed by atoms with Crippen molar-refractivity contribution in [3.8, 4) is 0 Å². The number of aromatic nitrogens is 1. The van der Waals surface area contributed by atoms with Gasteiger partial charge in [-0.2, -0.15) is 0 Å². The Kier molecular flexibility index (Phi) is 3.62. The third kappa shape index (κ3) is 3.15. The minimum atomic E-state index is -0.726. The summed E-state index contributed by atoms with van der Waals surface area (Å²) in [4.78, 5) is 4.02. The Bertz CT molecular complexity index is 577. The molecule has 2 N–H and O–H groups in total. The molecule has 2 nitrogen and oxygen atoms in total. The number of benzene rings is 1. The molecule has 0 aliphatic heterocycles. The highest BCUT2D eigenvalue weighted by Crippen LogP contribution is 2.23. The van der Waals surface area contributed by atoms with E-state index in [1.54, 1.807) is 12.1 Å². The lowest BCUT2D eigenvalue weighted by Crippen LogP contribution is -2.36. The van der Waals surface area contributed by atoms with E-state index in [4.69, 9.17) is 5.73 Å². The van der Waals surface area contributed by atoms with Gasteiger partial charge in [0.1, 0.15) is 11.6 Å². The Labute approximate surface area is 111 Å². The smallest absolute Gasteiger partial charge is 0.141 e. The first kappa shape index (κ1) is 13.6. The van der Waals surface area contributed by atoms with Gasteiger partial charge < -0.3 is 5.73 Å². The molecule has 4 heteroatoms. The zero-order valence-corrected chi connectivity index (χ0v) is 11.0. The standard InChI is InChI=1S/C15H16F2N2/c1-10-7-12(16)4-3-11(10)8-15(2,18)14-6-5-13(17)9-19-14/h3-7,9H,8,18H2,1-2H3. The van der Waals surface area contributed by atoms with Crippen LogP contribution in [0, 0.1) is 18.6 Å². The molecule has 1 atom stereocenters. The number of halogens is 2. The lowest BCUT2D eigenvalue weighted by Gasteiger charge is -2.25. The number of nitrogens with two attached hydrogens (primary N) is 1. The van der Waals surface area contributed by atoms with Crippen molar-refractivity contribution in [3.63, 3.8) is 0 Å². The summed E-state index contributed by atoms with van der Waals surface area (Å²) in [5.41, 5.74) is 7.93. The molecule has 2 rings (SSSR count). The fraction of sp³-hybridized carbons (Fsp3) is 0.267. The summed E-state index contributed by atoms with van der Waals surface area (Å²) in [5.74, 6) is -0.655. The van der Waals surface area contributed by atoms with Gasteiger partial charge in [-0.15, -0.1) is 0 Å². The van der Waals surface area contributed by atoms with Gasteiger partial charge in [0.2, 0.25) is 0 Å². The molecule has 19 heavy (non-hydrogen) atoms. The van der Waals surface area contributed by atoms with Gasteiger partial charge in [0.25, 0.3) is 0 Å². The molecule has 1 heterocycles. The minimum Gasteiger partial charge on any atom is -0.320 e. The maximum atomic E-state index is 13.1. The number of nitrogens with zero attached hydrogens (tertiary/aromatic N) is 1. The minimum absolute atomic E-state index is 0.264. The number of aryl methyl sites for hydroxylation is 1. The van der Waals surface area contributed by atoms with E-state index in [2.05, 4.69) is 4.98 Å². The first-order valence-electron chi connectivity index (χ1n) is 6.04. The third-order valence-corrected chi connectivity index (χ3v) is 3.17. The average molecular weight is 262 g/mol. The second-order valence-electron chi connectivity index (χ2n) is 5.03. The first-order chi connectivity index (χ1) is 8.88. The van der Waals surface area contributed by atoms with E-state index < -0.39 is 11.4 Å². The van der Waals surface area contributed by atoms with Crippen LogP contribution < -0.4 is 5.73 Å². The third-order valence-electron chi connectivity index (χ3n) is 3.17. The normalized spacial score (nSPS) is 14.2. The van der Waals surface area contributed by atoms with E-state index in [1.807, 2.05) is 13.8 Å². The van der Waals surface area contributed by atoms with E-state index in [0.717, 1.165) is 17.3 Å². The van der Waals surface area contributed by atoms with Crippen LogP contribution in [0.2, 0.25) is 0 Å². The summed E-state index contributed by atoms with van der Waals surface area (Å²) in [6.45, 7) is 3.67. The largest absolute Gasteiger partial charge is 0.320 e. The molecule has 0 radical (unpaired) electrons. The van der Waals surface area contributed by atoms with Crippen molar-refractivity contribution in [2.75, 3.05) is 0 Å². The predicted molar refractivity (Wildman–Crippen MR) is 70.6 cm³/mol. The fourth-order valence-corrected chi connectivity index (χ4v) is 2.06. The van der Waals surface area contributed by atoms with Crippen molar-refractivity contribution >= 4 is 0 Å². The molecule has 1 aromatic carbocycles. The first-order valence-corrected chi connectivity index (χ1v) is 6.04. The molecule has 1 aromatic heterocycles. The second-order valence-corrected chi connectivity index (χ2v) is 5.03. The maximum Gasteiger partial charge on any atom is 0.141 e. The summed E-state index contributed by atoms with van der Waals surface area (Å²) in [6, 6.07) is 7.53. The lowest BCUT2D eigenvalue weighted by atomic mass is 9.88. The van der Waals surface area contributed by atoms with Crippen LogP contribution in [0.15, 0.2) is 36.5 Å².